The van der Waals surface area contributed by atoms with Gasteiger partial charge in [-0.05, 0) is 37.8 Å². The van der Waals surface area contributed by atoms with Crippen molar-refractivity contribution in [2.24, 2.45) is 16.6 Å². The van der Waals surface area contributed by atoms with Crippen LogP contribution in [0.2, 0.25) is 0 Å². The van der Waals surface area contributed by atoms with E-state index in [2.05, 4.69) is 57.5 Å². The van der Waals surface area contributed by atoms with Gasteiger partial charge in [-0.25, -0.2) is 0 Å². The van der Waals surface area contributed by atoms with Gasteiger partial charge in [-0.3, -0.25) is 9.89 Å². The van der Waals surface area contributed by atoms with Crippen LogP contribution in [0.15, 0.2) is 35.3 Å². The summed E-state index contributed by atoms with van der Waals surface area (Å²) in [4.78, 5) is 9.50. The van der Waals surface area contributed by atoms with E-state index in [0.717, 1.165) is 51.6 Å². The molecule has 0 spiro atoms. The quantitative estimate of drug-likeness (QED) is 0.452. The standard InChI is InChI=1S/C20H33N5/c1-24-13-14-25(19(16-24)18-9-3-2-4-10-18)12-6-11-22-20(21)23-15-17-7-5-8-17/h2-4,9-10,17,19H,5-8,11-16H2,1H3,(H3,21,22,23). The summed E-state index contributed by atoms with van der Waals surface area (Å²) in [6, 6.07) is 11.4. The maximum absolute atomic E-state index is 5.98. The van der Waals surface area contributed by atoms with Gasteiger partial charge >= 0.3 is 0 Å². The molecule has 1 heterocycles. The van der Waals surface area contributed by atoms with E-state index in [1.807, 2.05) is 0 Å². The summed E-state index contributed by atoms with van der Waals surface area (Å²) < 4.78 is 0. The first kappa shape index (κ1) is 18.2. The van der Waals surface area contributed by atoms with Crippen molar-refractivity contribution in [3.63, 3.8) is 0 Å². The molecule has 1 saturated heterocycles. The number of benzene rings is 1. The zero-order chi connectivity index (χ0) is 17.5. The SMILES string of the molecule is CN1CCN(CCCNC(N)=NCC2CCC2)C(c2ccccc2)C1. The number of guanidine groups is 1. The number of nitrogens with two attached hydrogens (primary N) is 1. The van der Waals surface area contributed by atoms with Crippen LogP contribution in [0.1, 0.15) is 37.3 Å². The molecule has 3 N–H and O–H groups in total. The molecule has 3 rings (SSSR count). The third kappa shape index (κ3) is 5.44. The van der Waals surface area contributed by atoms with E-state index in [4.69, 9.17) is 5.73 Å². The fourth-order valence-electron chi connectivity index (χ4n) is 3.67. The molecule has 0 bridgehead atoms. The Morgan fingerprint density at radius 1 is 1.24 bits per heavy atom. The Hall–Kier alpha value is -1.59. The van der Waals surface area contributed by atoms with Gasteiger partial charge in [0, 0.05) is 45.3 Å². The van der Waals surface area contributed by atoms with Gasteiger partial charge in [0.25, 0.3) is 0 Å². The second-order valence-electron chi connectivity index (χ2n) is 7.53. The molecule has 5 heteroatoms. The van der Waals surface area contributed by atoms with Gasteiger partial charge in [-0.2, -0.15) is 0 Å². The van der Waals surface area contributed by atoms with Crippen molar-refractivity contribution in [3.05, 3.63) is 35.9 Å². The lowest BCUT2D eigenvalue weighted by Gasteiger charge is -2.40. The molecule has 0 amide bonds. The monoisotopic (exact) mass is 343 g/mol. The van der Waals surface area contributed by atoms with E-state index in [-0.39, 0.29) is 0 Å². The van der Waals surface area contributed by atoms with Crippen LogP contribution in [-0.4, -0.2) is 62.1 Å². The number of aliphatic imine (C=N–C) groups is 1. The maximum Gasteiger partial charge on any atom is 0.188 e. The molecule has 138 valence electrons. The van der Waals surface area contributed by atoms with Crippen LogP contribution in [0.5, 0.6) is 0 Å². The maximum atomic E-state index is 5.98. The summed E-state index contributed by atoms with van der Waals surface area (Å²) in [5, 5.41) is 3.28. The van der Waals surface area contributed by atoms with Crippen molar-refractivity contribution >= 4 is 5.96 Å². The topological polar surface area (TPSA) is 56.9 Å². The second-order valence-corrected chi connectivity index (χ2v) is 7.53. The zero-order valence-corrected chi connectivity index (χ0v) is 15.5. The lowest BCUT2D eigenvalue weighted by molar-refractivity contribution is 0.0891. The van der Waals surface area contributed by atoms with Crippen LogP contribution in [0, 0.1) is 5.92 Å². The van der Waals surface area contributed by atoms with Crippen molar-refractivity contribution in [2.45, 2.75) is 31.7 Å². The smallest absolute Gasteiger partial charge is 0.188 e. The molecule has 1 atom stereocenters. The first-order valence-corrected chi connectivity index (χ1v) is 9.73. The van der Waals surface area contributed by atoms with Gasteiger partial charge in [-0.15, -0.1) is 0 Å². The molecule has 5 nitrogen and oxygen atoms in total. The third-order valence-electron chi connectivity index (χ3n) is 5.55. The molecule has 0 aromatic heterocycles. The molecule has 1 aromatic rings. The molecular weight excluding hydrogens is 310 g/mol. The molecule has 1 aliphatic carbocycles. The largest absolute Gasteiger partial charge is 0.370 e. The number of rotatable bonds is 7. The highest BCUT2D eigenvalue weighted by molar-refractivity contribution is 5.77. The molecule has 2 aliphatic rings. The molecule has 1 aliphatic heterocycles. The highest BCUT2D eigenvalue weighted by Gasteiger charge is 2.25. The third-order valence-corrected chi connectivity index (χ3v) is 5.55. The number of nitrogens with one attached hydrogen (secondary N) is 1. The highest BCUT2D eigenvalue weighted by atomic mass is 15.3. The van der Waals surface area contributed by atoms with Crippen LogP contribution < -0.4 is 11.1 Å². The Morgan fingerprint density at radius 2 is 2.04 bits per heavy atom. The first-order valence-electron chi connectivity index (χ1n) is 9.73. The van der Waals surface area contributed by atoms with Crippen LogP contribution >= 0.6 is 0 Å². The molecule has 1 saturated carbocycles. The van der Waals surface area contributed by atoms with Gasteiger partial charge in [-0.1, -0.05) is 36.8 Å². The van der Waals surface area contributed by atoms with Crippen molar-refractivity contribution in [3.8, 4) is 0 Å². The predicted molar refractivity (Wildman–Crippen MR) is 105 cm³/mol. The lowest BCUT2D eigenvalue weighted by Crippen LogP contribution is -2.47. The summed E-state index contributed by atoms with van der Waals surface area (Å²) in [7, 11) is 2.22. The van der Waals surface area contributed by atoms with Crippen molar-refractivity contribution in [1.82, 2.24) is 15.1 Å². The molecular formula is C20H33N5. The van der Waals surface area contributed by atoms with Crippen LogP contribution in [0.25, 0.3) is 0 Å². The van der Waals surface area contributed by atoms with Crippen LogP contribution in [0.4, 0.5) is 0 Å². The predicted octanol–water partition coefficient (Wildman–Crippen LogP) is 2.07. The second kappa shape index (κ2) is 9.20. The minimum absolute atomic E-state index is 0.490. The van der Waals surface area contributed by atoms with Gasteiger partial charge in [0.15, 0.2) is 5.96 Å². The van der Waals surface area contributed by atoms with Gasteiger partial charge in [0.2, 0.25) is 0 Å². The summed E-state index contributed by atoms with van der Waals surface area (Å²) in [6.07, 6.45) is 5.09. The average molecular weight is 344 g/mol. The number of piperazine rings is 1. The summed E-state index contributed by atoms with van der Waals surface area (Å²) in [5.41, 5.74) is 7.40. The minimum atomic E-state index is 0.490. The van der Waals surface area contributed by atoms with Crippen LogP contribution in [0.3, 0.4) is 0 Å². The average Bonchev–Trinajstić information content (AvgIpc) is 2.59. The zero-order valence-electron chi connectivity index (χ0n) is 15.5. The van der Waals surface area contributed by atoms with Crippen molar-refractivity contribution in [2.75, 3.05) is 46.3 Å². The number of likely N-dealkylation sites (N-methyl/N-ethyl adjacent to an activating group) is 1. The lowest BCUT2D eigenvalue weighted by atomic mass is 9.86. The molecule has 1 unspecified atom stereocenters. The minimum Gasteiger partial charge on any atom is -0.370 e. The van der Waals surface area contributed by atoms with Gasteiger partial charge in [0.1, 0.15) is 0 Å². The van der Waals surface area contributed by atoms with Gasteiger partial charge < -0.3 is 16.0 Å². The van der Waals surface area contributed by atoms with E-state index < -0.39 is 0 Å². The van der Waals surface area contributed by atoms with E-state index in [1.54, 1.807) is 0 Å². The number of hydrogen-bond acceptors (Lipinski definition) is 3. The van der Waals surface area contributed by atoms with Crippen molar-refractivity contribution < 1.29 is 0 Å². The Labute approximate surface area is 152 Å². The summed E-state index contributed by atoms with van der Waals surface area (Å²) >= 11 is 0. The summed E-state index contributed by atoms with van der Waals surface area (Å²) in [5.74, 6) is 1.39. The number of hydrogen-bond donors (Lipinski definition) is 2. The Bertz CT molecular complexity index is 540. The fourth-order valence-corrected chi connectivity index (χ4v) is 3.67. The number of nitrogens with zero attached hydrogens (tertiary/aromatic N) is 3. The molecule has 1 aromatic carbocycles. The van der Waals surface area contributed by atoms with E-state index in [9.17, 15) is 0 Å². The fraction of sp³-hybridized carbons (Fsp3) is 0.650. The van der Waals surface area contributed by atoms with E-state index >= 15 is 0 Å². The molecule has 2 fully saturated rings. The Balaban J connectivity index is 1.42. The molecule has 25 heavy (non-hydrogen) atoms. The van der Waals surface area contributed by atoms with E-state index in [0.29, 0.717) is 12.0 Å². The van der Waals surface area contributed by atoms with Gasteiger partial charge in [0.05, 0.1) is 0 Å². The highest BCUT2D eigenvalue weighted by Crippen LogP contribution is 2.26. The van der Waals surface area contributed by atoms with Crippen LogP contribution in [-0.2, 0) is 0 Å². The Morgan fingerprint density at radius 3 is 2.76 bits per heavy atom. The molecule has 0 radical (unpaired) electrons. The van der Waals surface area contributed by atoms with E-state index in [1.165, 1.54) is 24.8 Å². The Kier molecular flexibility index (Phi) is 6.70. The normalized spacial score (nSPS) is 23.4. The summed E-state index contributed by atoms with van der Waals surface area (Å²) in [6.45, 7) is 6.25. The van der Waals surface area contributed by atoms with Crippen molar-refractivity contribution in [1.29, 1.82) is 0 Å². The first-order chi connectivity index (χ1) is 12.2.